The number of benzene rings is 1. The Kier molecular flexibility index (Phi) is 3.86. The Morgan fingerprint density at radius 2 is 1.80 bits per heavy atom. The fourth-order valence-electron chi connectivity index (χ4n) is 1.14. The van der Waals surface area contributed by atoms with Crippen molar-refractivity contribution in [1.29, 1.82) is 0 Å². The van der Waals surface area contributed by atoms with Crippen LogP contribution in [0.25, 0.3) is 0 Å². The summed E-state index contributed by atoms with van der Waals surface area (Å²) in [6, 6.07) is 7.63. The first-order chi connectivity index (χ1) is 7.38. The molecule has 1 heterocycles. The van der Waals surface area contributed by atoms with Gasteiger partial charge in [-0.15, -0.1) is 0 Å². The van der Waals surface area contributed by atoms with Gasteiger partial charge in [0.05, 0.1) is 13.2 Å². The highest BCUT2D eigenvalue weighted by Crippen LogP contribution is 2.19. The maximum Gasteiger partial charge on any atom is 0.119 e. The highest BCUT2D eigenvalue weighted by atomic mass is 79.9. The minimum Gasteiger partial charge on any atom is -0.493 e. The largest absolute Gasteiger partial charge is 0.493 e. The molecule has 1 aromatic carbocycles. The van der Waals surface area contributed by atoms with Crippen molar-refractivity contribution in [2.24, 2.45) is 0 Å². The van der Waals surface area contributed by atoms with Gasteiger partial charge in [0.1, 0.15) is 24.2 Å². The van der Waals surface area contributed by atoms with Crippen molar-refractivity contribution in [3.05, 3.63) is 24.3 Å². The van der Waals surface area contributed by atoms with Gasteiger partial charge in [0.2, 0.25) is 0 Å². The Bertz CT molecular complexity index is 295. The van der Waals surface area contributed by atoms with Gasteiger partial charge in [-0.2, -0.15) is 0 Å². The molecule has 0 N–H and O–H groups in total. The number of rotatable bonds is 6. The van der Waals surface area contributed by atoms with E-state index in [1.165, 1.54) is 0 Å². The molecule has 0 spiro atoms. The second-order valence-electron chi connectivity index (χ2n) is 3.28. The molecule has 2 rings (SSSR count). The summed E-state index contributed by atoms with van der Waals surface area (Å²) in [5.74, 6) is 1.72. The Labute approximate surface area is 97.5 Å². The lowest BCUT2D eigenvalue weighted by atomic mass is 10.3. The van der Waals surface area contributed by atoms with Crippen LogP contribution in [0.4, 0.5) is 0 Å². The van der Waals surface area contributed by atoms with Gasteiger partial charge < -0.3 is 14.2 Å². The van der Waals surface area contributed by atoms with Crippen LogP contribution in [0.5, 0.6) is 11.5 Å². The van der Waals surface area contributed by atoms with Crippen LogP contribution < -0.4 is 9.47 Å². The molecule has 0 saturated carbocycles. The quantitative estimate of drug-likeness (QED) is 0.588. The number of alkyl halides is 1. The normalized spacial score (nSPS) is 18.6. The van der Waals surface area contributed by atoms with Crippen LogP contribution >= 0.6 is 15.9 Å². The van der Waals surface area contributed by atoms with Gasteiger partial charge in [-0.1, -0.05) is 15.9 Å². The molecule has 0 amide bonds. The molecule has 0 aliphatic carbocycles. The second-order valence-corrected chi connectivity index (χ2v) is 4.07. The van der Waals surface area contributed by atoms with Crippen molar-refractivity contribution in [2.45, 2.75) is 6.10 Å². The Morgan fingerprint density at radius 3 is 2.33 bits per heavy atom. The molecule has 1 aromatic rings. The first-order valence-electron chi connectivity index (χ1n) is 4.92. The highest BCUT2D eigenvalue weighted by Gasteiger charge is 2.22. The van der Waals surface area contributed by atoms with Crippen LogP contribution in [0.3, 0.4) is 0 Å². The van der Waals surface area contributed by atoms with E-state index in [1.54, 1.807) is 0 Å². The Morgan fingerprint density at radius 1 is 1.20 bits per heavy atom. The second kappa shape index (κ2) is 5.37. The first kappa shape index (κ1) is 10.8. The lowest BCUT2D eigenvalue weighted by Gasteiger charge is -2.06. The van der Waals surface area contributed by atoms with Gasteiger partial charge in [0, 0.05) is 5.33 Å². The third-order valence-electron chi connectivity index (χ3n) is 2.01. The van der Waals surface area contributed by atoms with E-state index in [4.69, 9.17) is 14.2 Å². The number of ether oxygens (including phenoxy) is 3. The van der Waals surface area contributed by atoms with E-state index >= 15 is 0 Å². The molecular weight excluding hydrogens is 260 g/mol. The molecule has 3 nitrogen and oxygen atoms in total. The minimum atomic E-state index is 0.300. The molecule has 15 heavy (non-hydrogen) atoms. The summed E-state index contributed by atoms with van der Waals surface area (Å²) < 4.78 is 16.0. The maximum atomic E-state index is 5.50. The van der Waals surface area contributed by atoms with Gasteiger partial charge in [0.25, 0.3) is 0 Å². The van der Waals surface area contributed by atoms with Gasteiger partial charge >= 0.3 is 0 Å². The van der Waals surface area contributed by atoms with Crippen LogP contribution in [0.1, 0.15) is 0 Å². The zero-order chi connectivity index (χ0) is 10.5. The molecule has 0 aromatic heterocycles. The van der Waals surface area contributed by atoms with E-state index in [0.717, 1.165) is 23.4 Å². The fraction of sp³-hybridized carbons (Fsp3) is 0.455. The van der Waals surface area contributed by atoms with Crippen molar-refractivity contribution < 1.29 is 14.2 Å². The summed E-state index contributed by atoms with van der Waals surface area (Å²) in [5, 5.41) is 0.838. The molecule has 1 saturated heterocycles. The molecular formula is C11H13BrO3. The van der Waals surface area contributed by atoms with Gasteiger partial charge in [-0.25, -0.2) is 0 Å². The molecule has 82 valence electrons. The van der Waals surface area contributed by atoms with Crippen molar-refractivity contribution in [2.75, 3.05) is 25.2 Å². The number of halogens is 1. The third-order valence-corrected chi connectivity index (χ3v) is 2.33. The van der Waals surface area contributed by atoms with Crippen LogP contribution in [0, 0.1) is 0 Å². The molecule has 0 unspecified atom stereocenters. The average molecular weight is 273 g/mol. The zero-order valence-electron chi connectivity index (χ0n) is 8.32. The average Bonchev–Trinajstić information content (AvgIpc) is 3.09. The molecule has 1 aliphatic rings. The minimum absolute atomic E-state index is 0.300. The number of epoxide rings is 1. The summed E-state index contributed by atoms with van der Waals surface area (Å²) in [5.41, 5.74) is 0. The van der Waals surface area contributed by atoms with Crippen LogP contribution in [0.15, 0.2) is 24.3 Å². The zero-order valence-corrected chi connectivity index (χ0v) is 9.90. The summed E-state index contributed by atoms with van der Waals surface area (Å²) in [4.78, 5) is 0. The van der Waals surface area contributed by atoms with Crippen LogP contribution in [-0.2, 0) is 4.74 Å². The Hall–Kier alpha value is -0.740. The van der Waals surface area contributed by atoms with E-state index < -0.39 is 0 Å². The first-order valence-corrected chi connectivity index (χ1v) is 6.04. The predicted octanol–water partition coefficient (Wildman–Crippen LogP) is 2.24. The lowest BCUT2D eigenvalue weighted by Crippen LogP contribution is -2.04. The SMILES string of the molecule is BrCCOc1ccc(OC[C@H]2CO2)cc1. The van der Waals surface area contributed by atoms with Crippen LogP contribution in [-0.4, -0.2) is 31.3 Å². The number of hydrogen-bond donors (Lipinski definition) is 0. The van der Waals surface area contributed by atoms with E-state index in [0.29, 0.717) is 19.3 Å². The standard InChI is InChI=1S/C11H13BrO3/c12-5-6-13-9-1-3-10(4-2-9)14-7-11-8-15-11/h1-4,11H,5-8H2/t11-/m0/s1. The third kappa shape index (κ3) is 3.72. The van der Waals surface area contributed by atoms with E-state index in [9.17, 15) is 0 Å². The van der Waals surface area contributed by atoms with Gasteiger partial charge in [0.15, 0.2) is 0 Å². The Balaban J connectivity index is 1.79. The molecule has 1 aliphatic heterocycles. The maximum absolute atomic E-state index is 5.50. The van der Waals surface area contributed by atoms with E-state index in [2.05, 4.69) is 15.9 Å². The summed E-state index contributed by atoms with van der Waals surface area (Å²) in [6.45, 7) is 2.14. The monoisotopic (exact) mass is 272 g/mol. The molecule has 4 heteroatoms. The van der Waals surface area contributed by atoms with E-state index in [-0.39, 0.29) is 0 Å². The van der Waals surface area contributed by atoms with Crippen molar-refractivity contribution in [3.63, 3.8) is 0 Å². The summed E-state index contributed by atoms with van der Waals surface area (Å²) in [7, 11) is 0. The summed E-state index contributed by atoms with van der Waals surface area (Å²) in [6.07, 6.45) is 0.300. The number of hydrogen-bond acceptors (Lipinski definition) is 3. The van der Waals surface area contributed by atoms with Crippen molar-refractivity contribution >= 4 is 15.9 Å². The molecule has 1 fully saturated rings. The molecule has 1 atom stereocenters. The molecule has 0 bridgehead atoms. The van der Waals surface area contributed by atoms with E-state index in [1.807, 2.05) is 24.3 Å². The smallest absolute Gasteiger partial charge is 0.119 e. The topological polar surface area (TPSA) is 31.0 Å². The highest BCUT2D eigenvalue weighted by molar-refractivity contribution is 9.09. The summed E-state index contributed by atoms with van der Waals surface area (Å²) >= 11 is 3.31. The van der Waals surface area contributed by atoms with Crippen molar-refractivity contribution in [1.82, 2.24) is 0 Å². The fourth-order valence-corrected chi connectivity index (χ4v) is 1.30. The van der Waals surface area contributed by atoms with Crippen molar-refractivity contribution in [3.8, 4) is 11.5 Å². The van der Waals surface area contributed by atoms with Gasteiger partial charge in [-0.3, -0.25) is 0 Å². The van der Waals surface area contributed by atoms with Crippen LogP contribution in [0.2, 0.25) is 0 Å². The lowest BCUT2D eigenvalue weighted by molar-refractivity contribution is 0.262. The van der Waals surface area contributed by atoms with Gasteiger partial charge in [-0.05, 0) is 24.3 Å². The predicted molar refractivity (Wildman–Crippen MR) is 61.0 cm³/mol. The molecule has 0 radical (unpaired) electrons.